The minimum Gasteiger partial charge on any atom is -0.537 e. The van der Waals surface area contributed by atoms with Crippen molar-refractivity contribution < 1.29 is 18.5 Å². The third-order valence-electron chi connectivity index (χ3n) is 19.5. The molecule has 6 heteroatoms. The first-order valence-electron chi connectivity index (χ1n) is 33.0. The third kappa shape index (κ3) is 9.95. The lowest BCUT2D eigenvalue weighted by atomic mass is 9.84. The summed E-state index contributed by atoms with van der Waals surface area (Å²) in [6.07, 6.45) is 0. The average molecular weight is 1320 g/mol. The van der Waals surface area contributed by atoms with Gasteiger partial charge < -0.3 is 18.5 Å². The topological polar surface area (TPSA) is 55.7 Å². The van der Waals surface area contributed by atoms with Gasteiger partial charge in [0.2, 0.25) is 0 Å². The molecule has 4 nitrogen and oxygen atoms in total. The molecule has 0 saturated carbocycles. The lowest BCUT2D eigenvalue weighted by Gasteiger charge is -2.19. The van der Waals surface area contributed by atoms with Crippen molar-refractivity contribution in [2.24, 2.45) is 0 Å². The second-order valence-corrected chi connectivity index (χ2v) is 25.8. The number of rotatable bonds is 7. The van der Waals surface area contributed by atoms with Crippen LogP contribution in [0.1, 0.15) is 0 Å². The van der Waals surface area contributed by atoms with Gasteiger partial charge in [0.05, 0.1) is 0 Å². The van der Waals surface area contributed by atoms with Gasteiger partial charge in [-0.3, -0.25) is 0 Å². The van der Waals surface area contributed by atoms with E-state index in [1.807, 2.05) is 54.6 Å². The van der Waals surface area contributed by atoms with E-state index in [4.69, 9.17) is 13.5 Å². The molecule has 1 radical (unpaired) electrons. The zero-order valence-corrected chi connectivity index (χ0v) is 54.5. The fourth-order valence-corrected chi connectivity index (χ4v) is 15.6. The van der Waals surface area contributed by atoms with Crippen LogP contribution < -0.4 is 4.65 Å². The minimum absolute atomic E-state index is 0.674. The summed E-state index contributed by atoms with van der Waals surface area (Å²) < 4.78 is 19.2. The average Bonchev–Trinajstić information content (AvgIpc) is 0.854. The number of hydrogen-bond acceptors (Lipinski definition) is 4. The second-order valence-electron chi connectivity index (χ2n) is 24.9. The Morgan fingerprint density at radius 3 is 1.02 bits per heavy atom. The first kappa shape index (κ1) is 58.5. The van der Waals surface area contributed by atoms with Crippen molar-refractivity contribution in [2.45, 2.75) is 0 Å². The molecule has 0 saturated heterocycles. The van der Waals surface area contributed by atoms with Crippen molar-refractivity contribution in [3.8, 4) is 61.4 Å². The standard InChI is InChI=1S/C46H28O.C24H16BO2.C22H13BrO/c1-2-17-32-29(13-1)14-12-25-35(32)45-38-22-6-4-20-36(38)44(37-21-5-7-23-39(37)45)31-16-11-15-30(27-31)41-28-42-34-19-9-10-26-43(34)47-46(42)40-24-8-3-18-33(40)41;26-25-27-24-21-13-5-3-11-19(21)23(20-12-4-6-14-22(20)24)18-15-7-9-16-8-1-2-10-17(16)18;23-15-7-5-6-14(12-15)19-13-20-17-9-3-4-11-21(17)24-22(20)18-10-2-1-8-16(18)19/h1-28H;1-15,26H;1-13H. The van der Waals surface area contributed by atoms with Crippen molar-refractivity contribution in [3.63, 3.8) is 0 Å². The van der Waals surface area contributed by atoms with E-state index in [0.29, 0.717) is 5.75 Å². The molecule has 20 aromatic rings. The van der Waals surface area contributed by atoms with E-state index in [1.165, 1.54) is 115 Å². The van der Waals surface area contributed by atoms with Crippen molar-refractivity contribution in [3.05, 3.63) is 344 Å². The zero-order valence-electron chi connectivity index (χ0n) is 53.0. The lowest BCUT2D eigenvalue weighted by molar-refractivity contribution is 0.459. The molecule has 2 aromatic heterocycles. The maximum Gasteiger partial charge on any atom is 0.569 e. The van der Waals surface area contributed by atoms with Gasteiger partial charge in [-0.15, -0.1) is 0 Å². The number of para-hydroxylation sites is 2. The zero-order chi connectivity index (χ0) is 65.2. The second kappa shape index (κ2) is 24.6. The first-order valence-corrected chi connectivity index (χ1v) is 33.8. The highest BCUT2D eigenvalue weighted by atomic mass is 79.9. The van der Waals surface area contributed by atoms with Gasteiger partial charge in [-0.1, -0.05) is 313 Å². The Morgan fingerprint density at radius 2 is 0.571 bits per heavy atom. The van der Waals surface area contributed by atoms with E-state index in [-0.39, 0.29) is 0 Å². The maximum atomic E-state index is 9.32. The monoisotopic (exact) mass is 1320 g/mol. The highest BCUT2D eigenvalue weighted by Gasteiger charge is 2.22. The summed E-state index contributed by atoms with van der Waals surface area (Å²) in [5, 5.41) is 32.8. The Hall–Kier alpha value is -12.1. The Labute approximate surface area is 573 Å². The van der Waals surface area contributed by atoms with Crippen LogP contribution in [-0.2, 0) is 0 Å². The molecule has 0 aliphatic heterocycles. The number of furan rings is 2. The smallest absolute Gasteiger partial charge is 0.537 e. The molecule has 0 spiro atoms. The number of benzene rings is 18. The van der Waals surface area contributed by atoms with Crippen LogP contribution in [0.25, 0.3) is 186 Å². The van der Waals surface area contributed by atoms with Crippen LogP contribution >= 0.6 is 15.9 Å². The summed E-state index contributed by atoms with van der Waals surface area (Å²) in [5.41, 5.74) is 16.0. The Kier molecular flexibility index (Phi) is 14.7. The molecule has 0 aliphatic rings. The molecular formula is C92H57BBrO4. The van der Waals surface area contributed by atoms with Crippen molar-refractivity contribution in [1.82, 2.24) is 0 Å². The molecule has 0 aliphatic carbocycles. The lowest BCUT2D eigenvalue weighted by Crippen LogP contribution is -2.02. The van der Waals surface area contributed by atoms with Crippen LogP contribution in [0, 0.1) is 0 Å². The highest BCUT2D eigenvalue weighted by molar-refractivity contribution is 9.10. The van der Waals surface area contributed by atoms with Crippen LogP contribution in [0.4, 0.5) is 0 Å². The molecule has 0 fully saturated rings. The molecular weight excluding hydrogens is 1260 g/mol. The van der Waals surface area contributed by atoms with Gasteiger partial charge in [0.1, 0.15) is 28.1 Å². The molecule has 0 atom stereocenters. The minimum atomic E-state index is 0.674. The number of fused-ring (bicyclic) bond motifs is 16. The number of hydrogen-bond donors (Lipinski definition) is 1. The van der Waals surface area contributed by atoms with Crippen LogP contribution in [0.3, 0.4) is 0 Å². The molecule has 459 valence electrons. The van der Waals surface area contributed by atoms with Crippen LogP contribution in [0.2, 0.25) is 0 Å². The summed E-state index contributed by atoms with van der Waals surface area (Å²) in [4.78, 5) is 0. The normalized spacial score (nSPS) is 11.6. The van der Waals surface area contributed by atoms with E-state index < -0.39 is 0 Å². The predicted molar refractivity (Wildman–Crippen MR) is 417 cm³/mol. The van der Waals surface area contributed by atoms with Gasteiger partial charge in [-0.05, 0) is 163 Å². The molecule has 98 heavy (non-hydrogen) atoms. The molecule has 0 bridgehead atoms. The molecule has 1 N–H and O–H groups in total. The fraction of sp³-hybridized carbons (Fsp3) is 0. The molecule has 0 unspecified atom stereocenters. The molecule has 20 rings (SSSR count). The third-order valence-corrected chi connectivity index (χ3v) is 20.0. The van der Waals surface area contributed by atoms with Gasteiger partial charge in [-0.2, -0.15) is 0 Å². The molecule has 2 heterocycles. The van der Waals surface area contributed by atoms with E-state index in [9.17, 15) is 5.02 Å². The largest absolute Gasteiger partial charge is 0.569 e. The van der Waals surface area contributed by atoms with Crippen molar-refractivity contribution in [2.75, 3.05) is 0 Å². The summed E-state index contributed by atoms with van der Waals surface area (Å²) in [6, 6.07) is 120. The van der Waals surface area contributed by atoms with E-state index >= 15 is 0 Å². The predicted octanol–water partition coefficient (Wildman–Crippen LogP) is 26.1. The van der Waals surface area contributed by atoms with Crippen molar-refractivity contribution in [1.29, 1.82) is 0 Å². The van der Waals surface area contributed by atoms with Crippen LogP contribution in [0.15, 0.2) is 353 Å². The van der Waals surface area contributed by atoms with Crippen molar-refractivity contribution >= 4 is 154 Å². The van der Waals surface area contributed by atoms with Gasteiger partial charge in [-0.25, -0.2) is 0 Å². The summed E-state index contributed by atoms with van der Waals surface area (Å²) in [7, 11) is 0.756. The summed E-state index contributed by atoms with van der Waals surface area (Å²) in [6.45, 7) is 0. The van der Waals surface area contributed by atoms with Crippen LogP contribution in [-0.4, -0.2) is 12.7 Å². The fourth-order valence-electron chi connectivity index (χ4n) is 15.2. The first-order chi connectivity index (χ1) is 48.5. The highest BCUT2D eigenvalue weighted by Crippen LogP contribution is 2.49. The van der Waals surface area contributed by atoms with Gasteiger partial charge >= 0.3 is 7.69 Å². The Balaban J connectivity index is 0.000000116. The van der Waals surface area contributed by atoms with Gasteiger partial charge in [0.15, 0.2) is 0 Å². The maximum absolute atomic E-state index is 9.32. The molecule has 0 amide bonds. The van der Waals surface area contributed by atoms with E-state index in [2.05, 4.69) is 301 Å². The molecule has 18 aromatic carbocycles. The van der Waals surface area contributed by atoms with Crippen LogP contribution in [0.5, 0.6) is 5.75 Å². The van der Waals surface area contributed by atoms with Gasteiger partial charge in [0.25, 0.3) is 0 Å². The Bertz CT molecular complexity index is 6440. The van der Waals surface area contributed by atoms with E-state index in [1.54, 1.807) is 0 Å². The van der Waals surface area contributed by atoms with E-state index in [0.717, 1.165) is 83.0 Å². The Morgan fingerprint density at radius 1 is 0.245 bits per heavy atom. The quantitative estimate of drug-likeness (QED) is 0.128. The SMILES string of the molecule is Brc1cccc(-c2cc3c4ccccc4oc3c3ccccc23)c1.O[B]Oc1c2ccccc2c(-c2cccc3ccccc23)c2ccccc12.c1cc(-c2c3ccccc3c(-c3cccc4ccccc34)c3ccccc23)cc(-c2cc3c4ccccc4oc3c3ccccc23)c1. The summed E-state index contributed by atoms with van der Waals surface area (Å²) in [5.74, 6) is 0.674. The number of halogens is 1. The van der Waals surface area contributed by atoms with Gasteiger partial charge in [0, 0.05) is 47.6 Å². The summed E-state index contributed by atoms with van der Waals surface area (Å²) >= 11 is 3.59.